The molecule has 1 fully saturated rings. The van der Waals surface area contributed by atoms with Crippen LogP contribution in [0.15, 0.2) is 29.2 Å². The second-order valence-corrected chi connectivity index (χ2v) is 8.54. The minimum atomic E-state index is -5.80. The molecule has 31 heavy (non-hydrogen) atoms. The summed E-state index contributed by atoms with van der Waals surface area (Å²) in [6, 6.07) is 7.10. The van der Waals surface area contributed by atoms with Crippen LogP contribution in [-0.4, -0.2) is 57.5 Å². The summed E-state index contributed by atoms with van der Waals surface area (Å²) in [5, 5.41) is 8.84. The summed E-state index contributed by atoms with van der Waals surface area (Å²) in [4.78, 5) is 12.3. The lowest BCUT2D eigenvalue weighted by molar-refractivity contribution is -0.308. The van der Waals surface area contributed by atoms with Crippen molar-refractivity contribution in [2.45, 2.75) is 36.2 Å². The summed E-state index contributed by atoms with van der Waals surface area (Å²) >= 11 is 0. The van der Waals surface area contributed by atoms with Gasteiger partial charge in [0.1, 0.15) is 0 Å². The van der Waals surface area contributed by atoms with E-state index < -0.39 is 34.6 Å². The van der Waals surface area contributed by atoms with Crippen molar-refractivity contribution >= 4 is 16.1 Å². The van der Waals surface area contributed by atoms with Crippen LogP contribution in [0.3, 0.4) is 0 Å². The Morgan fingerprint density at radius 1 is 1.19 bits per heavy atom. The number of carbonyl (C=O) groups excluding carboxylic acids is 1. The van der Waals surface area contributed by atoms with Crippen LogP contribution in [0.2, 0.25) is 0 Å². The number of carbonyl (C=O) groups is 1. The lowest BCUT2D eigenvalue weighted by atomic mass is 9.97. The number of nitriles is 1. The number of hydrogen-bond acceptors (Lipinski definition) is 5. The SMILES string of the molecule is N#Cc1cccc(S(=O)(=O)NCC2CCN(C(=O)OC(C(F)(F)F)C(F)(F)F)CC2)c1. The highest BCUT2D eigenvalue weighted by atomic mass is 32.2. The van der Waals surface area contributed by atoms with Crippen LogP contribution in [0.25, 0.3) is 0 Å². The Morgan fingerprint density at radius 2 is 1.77 bits per heavy atom. The molecule has 1 aliphatic heterocycles. The summed E-state index contributed by atoms with van der Waals surface area (Å²) in [6.07, 6.45) is -17.3. The third-order valence-corrected chi connectivity index (χ3v) is 5.94. The fourth-order valence-corrected chi connectivity index (χ4v) is 4.02. The zero-order valence-electron chi connectivity index (χ0n) is 15.7. The number of likely N-dealkylation sites (tertiary alicyclic amines) is 1. The third kappa shape index (κ3) is 6.73. The minimum Gasteiger partial charge on any atom is -0.426 e. The van der Waals surface area contributed by atoms with E-state index in [0.717, 1.165) is 0 Å². The van der Waals surface area contributed by atoms with Gasteiger partial charge in [-0.15, -0.1) is 0 Å². The normalized spacial score (nSPS) is 16.3. The van der Waals surface area contributed by atoms with Crippen LogP contribution in [0.4, 0.5) is 31.1 Å². The van der Waals surface area contributed by atoms with Gasteiger partial charge >= 0.3 is 18.4 Å². The molecule has 0 bridgehead atoms. The predicted octanol–water partition coefficient (Wildman–Crippen LogP) is 3.18. The molecule has 0 radical (unpaired) electrons. The number of rotatable bonds is 5. The van der Waals surface area contributed by atoms with Crippen molar-refractivity contribution < 1.29 is 44.3 Å². The molecule has 1 aromatic rings. The minimum absolute atomic E-state index is 0.0598. The number of amides is 1. The first-order valence-corrected chi connectivity index (χ1v) is 10.3. The predicted molar refractivity (Wildman–Crippen MR) is 93.0 cm³/mol. The molecule has 0 unspecified atom stereocenters. The number of hydrogen-bond donors (Lipinski definition) is 1. The van der Waals surface area contributed by atoms with Gasteiger partial charge in [-0.3, -0.25) is 0 Å². The van der Waals surface area contributed by atoms with Gasteiger partial charge in [0.15, 0.2) is 0 Å². The Hall–Kier alpha value is -2.53. The number of sulfonamides is 1. The molecule has 1 heterocycles. The van der Waals surface area contributed by atoms with Gasteiger partial charge in [0, 0.05) is 19.6 Å². The molecule has 1 aliphatic rings. The van der Waals surface area contributed by atoms with E-state index in [4.69, 9.17) is 5.26 Å². The fraction of sp³-hybridized carbons (Fsp3) is 0.529. The Kier molecular flexibility index (Phi) is 7.43. The zero-order valence-corrected chi connectivity index (χ0v) is 16.5. The average Bonchev–Trinajstić information content (AvgIpc) is 2.69. The van der Waals surface area contributed by atoms with Crippen molar-refractivity contribution in [2.75, 3.05) is 19.6 Å². The molecule has 2 rings (SSSR count). The summed E-state index contributed by atoms with van der Waals surface area (Å²) in [6.45, 7) is -0.453. The monoisotopic (exact) mass is 473 g/mol. The molecule has 0 aromatic heterocycles. The van der Waals surface area contributed by atoms with Gasteiger partial charge in [-0.25, -0.2) is 17.9 Å². The van der Waals surface area contributed by atoms with Crippen LogP contribution >= 0.6 is 0 Å². The van der Waals surface area contributed by atoms with Gasteiger partial charge < -0.3 is 9.64 Å². The first-order chi connectivity index (χ1) is 14.2. The fourth-order valence-electron chi connectivity index (χ4n) is 2.86. The van der Waals surface area contributed by atoms with Gasteiger partial charge in [-0.05, 0) is 37.0 Å². The van der Waals surface area contributed by atoms with E-state index in [0.29, 0.717) is 4.90 Å². The Balaban J connectivity index is 1.89. The zero-order chi connectivity index (χ0) is 23.4. The molecule has 0 aliphatic carbocycles. The van der Waals surface area contributed by atoms with Crippen LogP contribution in [0.5, 0.6) is 0 Å². The molecule has 0 saturated carbocycles. The number of nitrogens with zero attached hydrogens (tertiary/aromatic N) is 2. The molecular weight excluding hydrogens is 456 g/mol. The van der Waals surface area contributed by atoms with Gasteiger partial charge in [-0.1, -0.05) is 6.07 Å². The largest absolute Gasteiger partial charge is 0.434 e. The highest BCUT2D eigenvalue weighted by Gasteiger charge is 2.60. The number of benzene rings is 1. The van der Waals surface area contributed by atoms with Crippen molar-refractivity contribution in [1.29, 1.82) is 5.26 Å². The second kappa shape index (κ2) is 9.31. The summed E-state index contributed by atoms with van der Waals surface area (Å²) < 4.78 is 106. The first-order valence-electron chi connectivity index (χ1n) is 8.83. The summed E-state index contributed by atoms with van der Waals surface area (Å²) in [7, 11) is -3.93. The van der Waals surface area contributed by atoms with Crippen LogP contribution in [0.1, 0.15) is 18.4 Å². The van der Waals surface area contributed by atoms with Crippen LogP contribution in [0, 0.1) is 17.2 Å². The molecule has 0 spiro atoms. The van der Waals surface area contributed by atoms with E-state index in [9.17, 15) is 39.6 Å². The van der Waals surface area contributed by atoms with Crippen LogP contribution in [-0.2, 0) is 14.8 Å². The quantitative estimate of drug-likeness (QED) is 0.663. The lowest BCUT2D eigenvalue weighted by Crippen LogP contribution is -2.49. The number of halogens is 6. The van der Waals surface area contributed by atoms with Crippen molar-refractivity contribution in [3.05, 3.63) is 29.8 Å². The summed E-state index contributed by atoms with van der Waals surface area (Å²) in [5.74, 6) is -0.306. The first kappa shape index (κ1) is 24.7. The summed E-state index contributed by atoms with van der Waals surface area (Å²) in [5.41, 5.74) is 0.144. The lowest BCUT2D eigenvalue weighted by Gasteiger charge is -2.33. The highest BCUT2D eigenvalue weighted by molar-refractivity contribution is 7.89. The van der Waals surface area contributed by atoms with Gasteiger partial charge in [-0.2, -0.15) is 31.6 Å². The Labute approximate surface area is 173 Å². The maximum absolute atomic E-state index is 12.5. The van der Waals surface area contributed by atoms with E-state index >= 15 is 0 Å². The molecule has 14 heteroatoms. The molecule has 1 N–H and O–H groups in total. The van der Waals surface area contributed by atoms with Gasteiger partial charge in [0.2, 0.25) is 10.0 Å². The number of piperidine rings is 1. The molecule has 0 atom stereocenters. The number of ether oxygens (including phenoxy) is 1. The van der Waals surface area contributed by atoms with E-state index in [2.05, 4.69) is 9.46 Å². The molecule has 1 aromatic carbocycles. The number of alkyl halides is 6. The smallest absolute Gasteiger partial charge is 0.426 e. The topological polar surface area (TPSA) is 99.5 Å². The van der Waals surface area contributed by atoms with Gasteiger partial charge in [0.05, 0.1) is 16.5 Å². The third-order valence-electron chi connectivity index (χ3n) is 4.52. The molecule has 1 amide bonds. The van der Waals surface area contributed by atoms with Gasteiger partial charge in [0.25, 0.3) is 6.10 Å². The van der Waals surface area contributed by atoms with Crippen molar-refractivity contribution in [2.24, 2.45) is 5.92 Å². The Bertz CT molecular complexity index is 920. The molecule has 172 valence electrons. The van der Waals surface area contributed by atoms with E-state index in [-0.39, 0.29) is 48.9 Å². The van der Waals surface area contributed by atoms with E-state index in [1.165, 1.54) is 24.3 Å². The Morgan fingerprint density at radius 3 is 2.29 bits per heavy atom. The van der Waals surface area contributed by atoms with Crippen molar-refractivity contribution in [3.63, 3.8) is 0 Å². The molecular formula is C17H17F6N3O4S. The van der Waals surface area contributed by atoms with Crippen molar-refractivity contribution in [3.8, 4) is 6.07 Å². The van der Waals surface area contributed by atoms with Crippen LogP contribution < -0.4 is 4.72 Å². The molecule has 7 nitrogen and oxygen atoms in total. The average molecular weight is 473 g/mol. The standard InChI is InChI=1S/C17H17F6N3O4S/c18-16(19,20)14(17(21,22)23)30-15(27)26-6-4-11(5-7-26)10-25-31(28,29)13-3-1-2-12(8-13)9-24/h1-3,8,11,14,25H,4-7,10H2. The maximum atomic E-state index is 12.5. The maximum Gasteiger partial charge on any atom is 0.434 e. The second-order valence-electron chi connectivity index (χ2n) is 6.77. The van der Waals surface area contributed by atoms with E-state index in [1.54, 1.807) is 0 Å². The molecule has 1 saturated heterocycles. The van der Waals surface area contributed by atoms with E-state index in [1.807, 2.05) is 6.07 Å². The highest BCUT2D eigenvalue weighted by Crippen LogP contribution is 2.36. The van der Waals surface area contributed by atoms with Crippen molar-refractivity contribution in [1.82, 2.24) is 9.62 Å². The number of nitrogens with one attached hydrogen (secondary N) is 1.